The lowest BCUT2D eigenvalue weighted by Crippen LogP contribution is -1.82. The van der Waals surface area contributed by atoms with Gasteiger partial charge in [-0.2, -0.15) is 16.7 Å². The average Bonchev–Trinajstić information content (AvgIpc) is 2.16. The highest BCUT2D eigenvalue weighted by Gasteiger charge is 1.75. The molecule has 0 spiro atoms. The molecule has 0 unspecified atom stereocenters. The number of hydrogen-bond acceptors (Lipinski definition) is 0. The lowest BCUT2D eigenvalue weighted by atomic mass is 10.1. The molecule has 0 aliphatic carbocycles. The maximum absolute atomic E-state index is 6.86. The highest BCUT2D eigenvalue weighted by atomic mass is 14.0. The third-order valence-electron chi connectivity index (χ3n) is 1.37. The second kappa shape index (κ2) is 3.34. The molecule has 0 amide bonds. The van der Waals surface area contributed by atoms with E-state index in [9.17, 15) is 0 Å². The van der Waals surface area contributed by atoms with Crippen LogP contribution in [0.15, 0.2) is 18.2 Å². The van der Waals surface area contributed by atoms with Gasteiger partial charge in [-0.25, -0.2) is 18.2 Å². The zero-order chi connectivity index (χ0) is 8.97. The Kier molecular flexibility index (Phi) is 2.23. The van der Waals surface area contributed by atoms with Crippen LogP contribution in [0.3, 0.4) is 0 Å². The monoisotopic (exact) mass is 147 g/mol. The van der Waals surface area contributed by atoms with E-state index in [2.05, 4.69) is 17.8 Å². The minimum Gasteiger partial charge on any atom is -0.366 e. The van der Waals surface area contributed by atoms with Crippen molar-refractivity contribution >= 4 is 0 Å². The van der Waals surface area contributed by atoms with Crippen molar-refractivity contribution in [3.05, 3.63) is 54.2 Å². The SMILES string of the molecule is [C-]#Cc1cc(C#[C-])cc(C#[C-])c1. The molecule has 0 atom stereocenters. The van der Waals surface area contributed by atoms with E-state index < -0.39 is 0 Å². The molecule has 0 aromatic heterocycles. The summed E-state index contributed by atoms with van der Waals surface area (Å²) < 4.78 is 0. The second-order valence-corrected chi connectivity index (χ2v) is 2.17. The van der Waals surface area contributed by atoms with Gasteiger partial charge in [0.15, 0.2) is 0 Å². The van der Waals surface area contributed by atoms with Crippen molar-refractivity contribution < 1.29 is 0 Å². The molecule has 0 N–H and O–H groups in total. The molecule has 0 aliphatic rings. The molecular formula is C12H3-3. The molecule has 0 saturated carbocycles. The number of hydrogen-bond donors (Lipinski definition) is 0. The van der Waals surface area contributed by atoms with E-state index in [1.807, 2.05) is 0 Å². The lowest BCUT2D eigenvalue weighted by molar-refractivity contribution is 1.56. The van der Waals surface area contributed by atoms with Gasteiger partial charge in [-0.15, -0.1) is 0 Å². The van der Waals surface area contributed by atoms with Crippen molar-refractivity contribution in [3.8, 4) is 17.8 Å². The molecule has 0 aliphatic heterocycles. The van der Waals surface area contributed by atoms with Gasteiger partial charge in [-0.1, -0.05) is 0 Å². The van der Waals surface area contributed by atoms with Gasteiger partial charge in [0.1, 0.15) is 0 Å². The minimum atomic E-state index is 0.530. The van der Waals surface area contributed by atoms with Crippen LogP contribution in [-0.2, 0) is 0 Å². The first-order valence-corrected chi connectivity index (χ1v) is 3.23. The van der Waals surface area contributed by atoms with E-state index in [-0.39, 0.29) is 0 Å². The van der Waals surface area contributed by atoms with Gasteiger partial charge in [0.2, 0.25) is 0 Å². The maximum Gasteiger partial charge on any atom is -0.162 e. The molecular weight excluding hydrogens is 144 g/mol. The summed E-state index contributed by atoms with van der Waals surface area (Å²) in [5, 5.41) is 0. The van der Waals surface area contributed by atoms with Crippen molar-refractivity contribution in [2.45, 2.75) is 0 Å². The Morgan fingerprint density at radius 2 is 0.917 bits per heavy atom. The molecule has 12 heavy (non-hydrogen) atoms. The van der Waals surface area contributed by atoms with Crippen molar-refractivity contribution in [1.82, 2.24) is 0 Å². The Labute approximate surface area is 72.6 Å². The molecule has 54 valence electrons. The predicted molar refractivity (Wildman–Crippen MR) is 45.1 cm³/mol. The Balaban J connectivity index is 3.36. The molecule has 1 aromatic carbocycles. The summed E-state index contributed by atoms with van der Waals surface area (Å²) in [6, 6.07) is 4.79. The molecule has 0 bridgehead atoms. The minimum absolute atomic E-state index is 0.530. The van der Waals surface area contributed by atoms with Gasteiger partial charge in [-0.05, 0) is 0 Å². The standard InChI is InChI=1S/C12H3/c1-4-10-7-11(5-2)9-12(6-3)8-10/h7-9H/q-3. The molecule has 0 saturated heterocycles. The fourth-order valence-corrected chi connectivity index (χ4v) is 0.844. The first-order valence-electron chi connectivity index (χ1n) is 3.23. The maximum atomic E-state index is 6.86. The van der Waals surface area contributed by atoms with E-state index in [1.165, 1.54) is 0 Å². The third-order valence-corrected chi connectivity index (χ3v) is 1.37. The van der Waals surface area contributed by atoms with Crippen molar-refractivity contribution in [2.75, 3.05) is 0 Å². The normalized spacial score (nSPS) is 7.75. The molecule has 0 heteroatoms. The van der Waals surface area contributed by atoms with E-state index >= 15 is 0 Å². The van der Waals surface area contributed by atoms with Gasteiger partial charge in [0.25, 0.3) is 0 Å². The summed E-state index contributed by atoms with van der Waals surface area (Å²) in [4.78, 5) is 0. The molecule has 0 radical (unpaired) electrons. The Morgan fingerprint density at radius 1 is 0.667 bits per heavy atom. The van der Waals surface area contributed by atoms with E-state index in [0.717, 1.165) is 0 Å². The van der Waals surface area contributed by atoms with Crippen molar-refractivity contribution in [1.29, 1.82) is 0 Å². The second-order valence-electron chi connectivity index (χ2n) is 2.17. The fraction of sp³-hybridized carbons (Fsp3) is 0. The van der Waals surface area contributed by atoms with Crippen molar-refractivity contribution in [2.24, 2.45) is 0 Å². The van der Waals surface area contributed by atoms with Crippen LogP contribution in [0.25, 0.3) is 0 Å². The van der Waals surface area contributed by atoms with Crippen LogP contribution in [-0.4, -0.2) is 0 Å². The molecule has 0 nitrogen and oxygen atoms in total. The quantitative estimate of drug-likeness (QED) is 0.385. The Bertz CT molecular complexity index is 338. The Hall–Kier alpha value is -2.10. The van der Waals surface area contributed by atoms with E-state index in [1.54, 1.807) is 18.2 Å². The summed E-state index contributed by atoms with van der Waals surface area (Å²) >= 11 is 0. The molecule has 1 rings (SSSR count). The summed E-state index contributed by atoms with van der Waals surface area (Å²) in [7, 11) is 0. The fourth-order valence-electron chi connectivity index (χ4n) is 0.844. The van der Waals surface area contributed by atoms with Crippen LogP contribution in [0, 0.1) is 37.0 Å². The van der Waals surface area contributed by atoms with Gasteiger partial charge in [0, 0.05) is 0 Å². The average molecular weight is 147 g/mol. The van der Waals surface area contributed by atoms with Crippen LogP contribution in [0.4, 0.5) is 0 Å². The molecule has 1 aromatic rings. The van der Waals surface area contributed by atoms with E-state index in [0.29, 0.717) is 16.7 Å². The topological polar surface area (TPSA) is 0 Å². The summed E-state index contributed by atoms with van der Waals surface area (Å²) in [5.74, 6) is 6.54. The first-order chi connectivity index (χ1) is 5.80. The summed E-state index contributed by atoms with van der Waals surface area (Å²) in [5.41, 5.74) is 1.59. The molecule has 0 heterocycles. The molecule has 0 fully saturated rings. The van der Waals surface area contributed by atoms with Crippen LogP contribution >= 0.6 is 0 Å². The van der Waals surface area contributed by atoms with Crippen LogP contribution in [0.1, 0.15) is 16.7 Å². The smallest absolute Gasteiger partial charge is 0.162 e. The van der Waals surface area contributed by atoms with Crippen LogP contribution < -0.4 is 0 Å². The zero-order valence-electron chi connectivity index (χ0n) is 6.23. The van der Waals surface area contributed by atoms with Crippen LogP contribution in [0.5, 0.6) is 0 Å². The van der Waals surface area contributed by atoms with Gasteiger partial charge >= 0.3 is 0 Å². The van der Waals surface area contributed by atoms with Gasteiger partial charge in [0.05, 0.1) is 0 Å². The largest absolute Gasteiger partial charge is 0.366 e. The first kappa shape index (κ1) is 8.00. The van der Waals surface area contributed by atoms with Gasteiger partial charge < -0.3 is 19.3 Å². The number of benzene rings is 1. The highest BCUT2D eigenvalue weighted by molar-refractivity contribution is 5.47. The van der Waals surface area contributed by atoms with Gasteiger partial charge in [-0.3, -0.25) is 17.8 Å². The highest BCUT2D eigenvalue weighted by Crippen LogP contribution is 2.07. The van der Waals surface area contributed by atoms with E-state index in [4.69, 9.17) is 19.3 Å². The Morgan fingerprint density at radius 3 is 1.08 bits per heavy atom. The van der Waals surface area contributed by atoms with Crippen LogP contribution in [0.2, 0.25) is 0 Å². The summed E-state index contributed by atoms with van der Waals surface area (Å²) in [6.45, 7) is 0. The zero-order valence-corrected chi connectivity index (χ0v) is 6.23. The lowest BCUT2D eigenvalue weighted by Gasteiger charge is -2.14. The number of rotatable bonds is 0. The third kappa shape index (κ3) is 1.49. The van der Waals surface area contributed by atoms with Crippen molar-refractivity contribution in [3.63, 3.8) is 0 Å². The summed E-state index contributed by atoms with van der Waals surface area (Å²) in [6.07, 6.45) is 20.6. The predicted octanol–water partition coefficient (Wildman–Crippen LogP) is 1.50.